The van der Waals surface area contributed by atoms with Crippen LogP contribution in [0.2, 0.25) is 0 Å². The van der Waals surface area contributed by atoms with Crippen LogP contribution in [0.15, 0.2) is 46.6 Å². The van der Waals surface area contributed by atoms with Crippen molar-refractivity contribution in [1.29, 1.82) is 0 Å². The zero-order valence-electron chi connectivity index (χ0n) is 25.6. The molecular formula is C31H55NO5S. The van der Waals surface area contributed by atoms with Gasteiger partial charge < -0.3 is 19.5 Å². The molecular weight excluding hydrogens is 498 g/mol. The van der Waals surface area contributed by atoms with E-state index in [1.165, 1.54) is 24.4 Å². The number of hydrogen-bond donors (Lipinski definition) is 1. The Labute approximate surface area is 237 Å². The molecule has 0 aliphatic rings. The van der Waals surface area contributed by atoms with E-state index in [1.807, 2.05) is 13.8 Å². The minimum absolute atomic E-state index is 0.00452. The zero-order valence-corrected chi connectivity index (χ0v) is 26.4. The minimum atomic E-state index is -0.956. The van der Waals surface area contributed by atoms with E-state index in [-0.39, 0.29) is 12.0 Å². The Morgan fingerprint density at radius 3 is 2.13 bits per heavy atom. The predicted molar refractivity (Wildman–Crippen MR) is 163 cm³/mol. The number of rotatable bonds is 20. The zero-order chi connectivity index (χ0) is 29.7. The molecule has 1 N–H and O–H groups in total. The fraction of sp³-hybridized carbons (Fsp3) is 0.677. The van der Waals surface area contributed by atoms with Crippen LogP contribution in [0, 0.1) is 5.92 Å². The number of esters is 1. The van der Waals surface area contributed by atoms with Gasteiger partial charge in [0.15, 0.2) is 6.73 Å². The van der Waals surface area contributed by atoms with Crippen LogP contribution in [0.1, 0.15) is 114 Å². The molecule has 0 aliphatic heterocycles. The first-order chi connectivity index (χ1) is 18.0. The lowest BCUT2D eigenvalue weighted by Crippen LogP contribution is -2.43. The Balaban J connectivity index is 0. The van der Waals surface area contributed by atoms with Crippen LogP contribution in [0.25, 0.3) is 0 Å². The highest BCUT2D eigenvalue weighted by Gasteiger charge is 2.30. The van der Waals surface area contributed by atoms with Gasteiger partial charge in [-0.2, -0.15) is 0 Å². The second-order valence-corrected chi connectivity index (χ2v) is 10.3. The number of carbonyl (C=O) groups is 2. The van der Waals surface area contributed by atoms with E-state index in [4.69, 9.17) is 9.47 Å². The molecule has 0 saturated heterocycles. The lowest BCUT2D eigenvalue weighted by Gasteiger charge is -2.39. The quantitative estimate of drug-likeness (QED) is 0.0697. The van der Waals surface area contributed by atoms with E-state index in [0.29, 0.717) is 30.1 Å². The monoisotopic (exact) mass is 553 g/mol. The van der Waals surface area contributed by atoms with Crippen molar-refractivity contribution in [2.75, 3.05) is 6.73 Å². The number of carboxylic acids is 1. The first-order valence-electron chi connectivity index (χ1n) is 14.2. The second-order valence-electron chi connectivity index (χ2n) is 9.27. The van der Waals surface area contributed by atoms with Crippen molar-refractivity contribution in [3.05, 3.63) is 46.6 Å². The number of allylic oxidation sites excluding steroid dienone is 3. The van der Waals surface area contributed by atoms with Gasteiger partial charge in [-0.05, 0) is 43.4 Å². The summed E-state index contributed by atoms with van der Waals surface area (Å²) in [5.74, 6) is -0.357. The van der Waals surface area contributed by atoms with Crippen LogP contribution in [-0.4, -0.2) is 40.8 Å². The van der Waals surface area contributed by atoms with Gasteiger partial charge in [0.1, 0.15) is 6.10 Å². The summed E-state index contributed by atoms with van der Waals surface area (Å²) >= 11 is 1.22. The molecule has 2 unspecified atom stereocenters. The molecule has 0 aromatic heterocycles. The molecule has 0 amide bonds. The lowest BCUT2D eigenvalue weighted by molar-refractivity contribution is -0.145. The van der Waals surface area contributed by atoms with Crippen LogP contribution in [0.5, 0.6) is 0 Å². The van der Waals surface area contributed by atoms with Crippen molar-refractivity contribution in [3.63, 3.8) is 0 Å². The van der Waals surface area contributed by atoms with Gasteiger partial charge in [0.2, 0.25) is 0 Å². The Hall–Kier alpha value is -2.15. The van der Waals surface area contributed by atoms with Gasteiger partial charge >= 0.3 is 11.9 Å². The molecule has 0 rings (SSSR count). The number of carbonyl (C=O) groups excluding carboxylic acids is 1. The van der Waals surface area contributed by atoms with E-state index in [1.54, 1.807) is 12.3 Å². The summed E-state index contributed by atoms with van der Waals surface area (Å²) in [6.07, 6.45) is 8.38. The SMILES string of the molecule is C=C(CCC)OCN(/C(=C/CC)CCCC)C(CC(OC(C)=O)C(=C)S/C=C(\CC)C(=O)O)C(C)C.CC. The number of nitrogens with zero attached hydrogens (tertiary/aromatic N) is 1. The van der Waals surface area contributed by atoms with Crippen LogP contribution in [0.4, 0.5) is 0 Å². The summed E-state index contributed by atoms with van der Waals surface area (Å²) in [7, 11) is 0. The smallest absolute Gasteiger partial charge is 0.332 e. The van der Waals surface area contributed by atoms with Crippen molar-refractivity contribution in [1.82, 2.24) is 4.90 Å². The van der Waals surface area contributed by atoms with Gasteiger partial charge in [0.25, 0.3) is 0 Å². The first-order valence-corrected chi connectivity index (χ1v) is 15.1. The predicted octanol–water partition coefficient (Wildman–Crippen LogP) is 9.06. The maximum atomic E-state index is 12.0. The van der Waals surface area contributed by atoms with Crippen molar-refractivity contribution in [2.24, 2.45) is 5.92 Å². The maximum Gasteiger partial charge on any atom is 0.332 e. The normalized spacial score (nSPS) is 13.2. The molecule has 0 radical (unpaired) electrons. The summed E-state index contributed by atoms with van der Waals surface area (Å²) < 4.78 is 11.8. The van der Waals surface area contributed by atoms with Gasteiger partial charge in [0.05, 0.1) is 5.76 Å². The third kappa shape index (κ3) is 16.0. The fourth-order valence-electron chi connectivity index (χ4n) is 3.79. The summed E-state index contributed by atoms with van der Waals surface area (Å²) in [4.78, 5) is 26.3. The molecule has 0 aromatic carbocycles. The van der Waals surface area contributed by atoms with Gasteiger partial charge in [-0.1, -0.05) is 92.8 Å². The Kier molecular flexibility index (Phi) is 22.8. The molecule has 7 heteroatoms. The molecule has 6 nitrogen and oxygen atoms in total. The number of unbranched alkanes of at least 4 members (excludes halogenated alkanes) is 1. The summed E-state index contributed by atoms with van der Waals surface area (Å²) in [5.41, 5.74) is 1.52. The summed E-state index contributed by atoms with van der Waals surface area (Å²) in [6, 6.07) is 0.00452. The number of carboxylic acid groups (broad SMARTS) is 1. The Morgan fingerprint density at radius 2 is 1.68 bits per heavy atom. The molecule has 0 bridgehead atoms. The lowest BCUT2D eigenvalue weighted by atomic mass is 9.94. The van der Waals surface area contributed by atoms with Gasteiger partial charge in [-0.15, -0.1) is 0 Å². The van der Waals surface area contributed by atoms with E-state index >= 15 is 0 Å². The van der Waals surface area contributed by atoms with E-state index < -0.39 is 18.0 Å². The molecule has 220 valence electrons. The third-order valence-corrected chi connectivity index (χ3v) is 6.80. The van der Waals surface area contributed by atoms with E-state index in [9.17, 15) is 14.7 Å². The topological polar surface area (TPSA) is 76.1 Å². The van der Waals surface area contributed by atoms with Crippen LogP contribution < -0.4 is 0 Å². The maximum absolute atomic E-state index is 12.0. The standard InChI is InChI=1S/C29H49NO5S.C2H6/c1-10-14-17-26(16-12-3)30(20-34-22(7)15-11-2)27(21(5)6)18-28(35-24(9)31)23(8)36-19-25(13-4)29(32)33;1-2/h16,19,21,27-28H,7-8,10-15,17-18,20H2,1-6,9H3,(H,32,33);1-2H3/b25-19+,26-16+;. The minimum Gasteiger partial charge on any atom is -0.478 e. The van der Waals surface area contributed by atoms with Crippen LogP contribution >= 0.6 is 11.8 Å². The molecule has 0 saturated carbocycles. The Morgan fingerprint density at radius 1 is 1.05 bits per heavy atom. The molecule has 0 aliphatic carbocycles. The number of aliphatic carboxylic acids is 1. The van der Waals surface area contributed by atoms with Crippen LogP contribution in [-0.2, 0) is 19.1 Å². The summed E-state index contributed by atoms with van der Waals surface area (Å²) in [5, 5.41) is 10.9. The highest BCUT2D eigenvalue weighted by molar-refractivity contribution is 8.05. The van der Waals surface area contributed by atoms with Crippen molar-refractivity contribution in [3.8, 4) is 0 Å². The summed E-state index contributed by atoms with van der Waals surface area (Å²) in [6.45, 7) is 26.5. The largest absolute Gasteiger partial charge is 0.478 e. The molecule has 0 aromatic rings. The number of thioether (sulfide) groups is 1. The van der Waals surface area contributed by atoms with Crippen molar-refractivity contribution in [2.45, 2.75) is 126 Å². The fourth-order valence-corrected chi connectivity index (χ4v) is 4.65. The molecule has 0 fully saturated rings. The van der Waals surface area contributed by atoms with Gasteiger partial charge in [0, 0.05) is 42.0 Å². The second kappa shape index (κ2) is 22.8. The van der Waals surface area contributed by atoms with Crippen molar-refractivity contribution < 1.29 is 24.2 Å². The molecule has 2 atom stereocenters. The van der Waals surface area contributed by atoms with Crippen LogP contribution in [0.3, 0.4) is 0 Å². The highest BCUT2D eigenvalue weighted by atomic mass is 32.2. The van der Waals surface area contributed by atoms with Crippen molar-refractivity contribution >= 4 is 23.7 Å². The van der Waals surface area contributed by atoms with E-state index in [0.717, 1.165) is 44.3 Å². The first kappa shape index (κ1) is 38.0. The highest BCUT2D eigenvalue weighted by Crippen LogP contribution is 2.32. The Bertz CT molecular complexity index is 772. The average molecular weight is 554 g/mol. The van der Waals surface area contributed by atoms with Gasteiger partial charge in [-0.3, -0.25) is 4.79 Å². The van der Waals surface area contributed by atoms with Gasteiger partial charge in [-0.25, -0.2) is 4.79 Å². The number of ether oxygens (including phenoxy) is 2. The number of hydrogen-bond acceptors (Lipinski definition) is 6. The average Bonchev–Trinajstić information content (AvgIpc) is 2.86. The molecule has 38 heavy (non-hydrogen) atoms. The molecule has 0 heterocycles. The van der Waals surface area contributed by atoms with E-state index in [2.05, 4.69) is 58.8 Å². The third-order valence-electron chi connectivity index (χ3n) is 5.83. The molecule has 0 spiro atoms.